The summed E-state index contributed by atoms with van der Waals surface area (Å²) in [6.45, 7) is 3.26. The minimum Gasteiger partial charge on any atom is -0.457 e. The van der Waals surface area contributed by atoms with Crippen molar-refractivity contribution in [1.82, 2.24) is 0 Å². The SMILES string of the molecule is CC/C=C\C/C=C\C/C=C\C/C=C\C/C=C\CCCCCCOCC(COP(=O)(O)OCC(O)CO)OC(=O)CCCCCCC/C=C\CCCC. The molecule has 0 aliphatic carbocycles. The molecule has 0 bridgehead atoms. The van der Waals surface area contributed by atoms with Gasteiger partial charge in [-0.25, -0.2) is 4.57 Å². The first-order valence-corrected chi connectivity index (χ1v) is 21.4. The Hall–Kier alpha value is -2.10. The van der Waals surface area contributed by atoms with Crippen molar-refractivity contribution >= 4 is 13.8 Å². The zero-order valence-electron chi connectivity index (χ0n) is 32.5. The Kier molecular flexibility index (Phi) is 37.1. The van der Waals surface area contributed by atoms with Crippen molar-refractivity contribution < 1.29 is 43.0 Å². The van der Waals surface area contributed by atoms with E-state index >= 15 is 0 Å². The summed E-state index contributed by atoms with van der Waals surface area (Å²) >= 11 is 0. The number of unbranched alkanes of at least 4 members (excludes halogenated alkanes) is 11. The number of aliphatic hydroxyl groups is 2. The lowest BCUT2D eigenvalue weighted by Gasteiger charge is -2.20. The van der Waals surface area contributed by atoms with Crippen LogP contribution < -0.4 is 0 Å². The maximum absolute atomic E-state index is 12.5. The Labute approximate surface area is 316 Å². The van der Waals surface area contributed by atoms with E-state index in [9.17, 15) is 19.4 Å². The molecule has 300 valence electrons. The first kappa shape index (κ1) is 49.9. The smallest absolute Gasteiger partial charge is 0.457 e. The second kappa shape index (κ2) is 38.6. The third-order valence-electron chi connectivity index (χ3n) is 7.88. The maximum atomic E-state index is 12.5. The third kappa shape index (κ3) is 37.7. The molecule has 3 N–H and O–H groups in total. The van der Waals surface area contributed by atoms with Crippen LogP contribution in [0, 0.1) is 0 Å². The quantitative estimate of drug-likeness (QED) is 0.0245. The summed E-state index contributed by atoms with van der Waals surface area (Å²) in [6.07, 6.45) is 44.3. The summed E-state index contributed by atoms with van der Waals surface area (Å²) in [7, 11) is -4.53. The third-order valence-corrected chi connectivity index (χ3v) is 8.83. The highest BCUT2D eigenvalue weighted by Gasteiger charge is 2.26. The predicted molar refractivity (Wildman–Crippen MR) is 214 cm³/mol. The molecule has 0 radical (unpaired) electrons. The minimum atomic E-state index is -4.53. The Morgan fingerprint density at radius 1 is 0.615 bits per heavy atom. The van der Waals surface area contributed by atoms with Crippen LogP contribution in [-0.4, -0.2) is 66.3 Å². The number of hydrogen-bond acceptors (Lipinski definition) is 8. The lowest BCUT2D eigenvalue weighted by atomic mass is 10.1. The number of aliphatic hydroxyl groups excluding tert-OH is 2. The molecular formula is C42H73O9P. The second-order valence-electron chi connectivity index (χ2n) is 12.9. The van der Waals surface area contributed by atoms with Crippen molar-refractivity contribution in [2.24, 2.45) is 0 Å². The monoisotopic (exact) mass is 752 g/mol. The van der Waals surface area contributed by atoms with Crippen LogP contribution in [0.15, 0.2) is 72.9 Å². The molecule has 0 saturated heterocycles. The number of hydrogen-bond donors (Lipinski definition) is 3. The van der Waals surface area contributed by atoms with Gasteiger partial charge in [0.2, 0.25) is 0 Å². The highest BCUT2D eigenvalue weighted by molar-refractivity contribution is 7.47. The fraction of sp³-hybridized carbons (Fsp3) is 0.690. The molecule has 0 aliphatic heterocycles. The Balaban J connectivity index is 4.26. The van der Waals surface area contributed by atoms with Gasteiger partial charge in [-0.15, -0.1) is 0 Å². The normalized spacial score (nSPS) is 14.9. The molecule has 0 aromatic carbocycles. The molecule has 10 heteroatoms. The summed E-state index contributed by atoms with van der Waals surface area (Å²) in [5.74, 6) is -0.407. The minimum absolute atomic E-state index is 0.0246. The van der Waals surface area contributed by atoms with E-state index < -0.39 is 45.8 Å². The van der Waals surface area contributed by atoms with E-state index in [1.807, 2.05) is 0 Å². The van der Waals surface area contributed by atoms with Crippen molar-refractivity contribution in [3.63, 3.8) is 0 Å². The van der Waals surface area contributed by atoms with E-state index in [0.29, 0.717) is 13.0 Å². The molecule has 52 heavy (non-hydrogen) atoms. The Bertz CT molecular complexity index is 1030. The highest BCUT2D eigenvalue weighted by Crippen LogP contribution is 2.43. The average Bonchev–Trinajstić information content (AvgIpc) is 3.13. The van der Waals surface area contributed by atoms with Crippen LogP contribution in [0.5, 0.6) is 0 Å². The number of ether oxygens (including phenoxy) is 2. The van der Waals surface area contributed by atoms with Crippen LogP contribution in [0.2, 0.25) is 0 Å². The van der Waals surface area contributed by atoms with Gasteiger partial charge in [0.15, 0.2) is 0 Å². The first-order valence-electron chi connectivity index (χ1n) is 19.9. The molecular weight excluding hydrogens is 679 g/mol. The first-order chi connectivity index (χ1) is 25.3. The van der Waals surface area contributed by atoms with Gasteiger partial charge in [-0.3, -0.25) is 13.8 Å². The van der Waals surface area contributed by atoms with Crippen molar-refractivity contribution in [2.45, 2.75) is 154 Å². The van der Waals surface area contributed by atoms with Gasteiger partial charge in [-0.1, -0.05) is 132 Å². The zero-order chi connectivity index (χ0) is 38.2. The van der Waals surface area contributed by atoms with Crippen LogP contribution >= 0.6 is 7.82 Å². The van der Waals surface area contributed by atoms with Gasteiger partial charge in [-0.2, -0.15) is 0 Å². The van der Waals surface area contributed by atoms with Crippen molar-refractivity contribution in [1.29, 1.82) is 0 Å². The molecule has 3 unspecified atom stereocenters. The maximum Gasteiger partial charge on any atom is 0.472 e. The number of allylic oxidation sites excluding steroid dienone is 12. The average molecular weight is 753 g/mol. The summed E-state index contributed by atoms with van der Waals surface area (Å²) in [5.41, 5.74) is 0. The number of esters is 1. The molecule has 0 aliphatic rings. The second-order valence-corrected chi connectivity index (χ2v) is 14.4. The van der Waals surface area contributed by atoms with Crippen LogP contribution in [0.4, 0.5) is 0 Å². The fourth-order valence-corrected chi connectivity index (χ4v) is 5.62. The fourth-order valence-electron chi connectivity index (χ4n) is 4.83. The molecule has 0 aromatic rings. The molecule has 0 spiro atoms. The summed E-state index contributed by atoms with van der Waals surface area (Å²) in [4.78, 5) is 22.5. The van der Waals surface area contributed by atoms with Gasteiger partial charge in [0, 0.05) is 13.0 Å². The highest BCUT2D eigenvalue weighted by atomic mass is 31.2. The number of carbonyl (C=O) groups is 1. The van der Waals surface area contributed by atoms with Gasteiger partial charge in [0.25, 0.3) is 0 Å². The lowest BCUT2D eigenvalue weighted by Crippen LogP contribution is -2.29. The van der Waals surface area contributed by atoms with E-state index in [0.717, 1.165) is 103 Å². The number of rotatable bonds is 37. The zero-order valence-corrected chi connectivity index (χ0v) is 33.4. The van der Waals surface area contributed by atoms with E-state index in [1.54, 1.807) is 0 Å². The predicted octanol–water partition coefficient (Wildman–Crippen LogP) is 10.6. The molecule has 0 aromatic heterocycles. The van der Waals surface area contributed by atoms with Crippen molar-refractivity contribution in [3.8, 4) is 0 Å². The van der Waals surface area contributed by atoms with Crippen LogP contribution in [0.1, 0.15) is 142 Å². The van der Waals surface area contributed by atoms with Gasteiger partial charge in [0.05, 0.1) is 26.4 Å². The van der Waals surface area contributed by atoms with Crippen LogP contribution in [0.3, 0.4) is 0 Å². The van der Waals surface area contributed by atoms with Gasteiger partial charge in [-0.05, 0) is 77.0 Å². The number of phosphoric ester groups is 1. The molecule has 3 atom stereocenters. The van der Waals surface area contributed by atoms with Crippen molar-refractivity contribution in [3.05, 3.63) is 72.9 Å². The van der Waals surface area contributed by atoms with Crippen LogP contribution in [0.25, 0.3) is 0 Å². The molecule has 9 nitrogen and oxygen atoms in total. The largest absolute Gasteiger partial charge is 0.472 e. The number of carbonyl (C=O) groups excluding carboxylic acids is 1. The lowest BCUT2D eigenvalue weighted by molar-refractivity contribution is -0.154. The molecule has 0 fully saturated rings. The van der Waals surface area contributed by atoms with E-state index in [4.69, 9.17) is 23.6 Å². The molecule has 0 amide bonds. The Morgan fingerprint density at radius 3 is 1.67 bits per heavy atom. The Morgan fingerprint density at radius 2 is 1.10 bits per heavy atom. The summed E-state index contributed by atoms with van der Waals surface area (Å²) < 4.78 is 33.2. The summed E-state index contributed by atoms with van der Waals surface area (Å²) in [5, 5.41) is 18.3. The molecule has 0 saturated carbocycles. The topological polar surface area (TPSA) is 132 Å². The van der Waals surface area contributed by atoms with Gasteiger partial charge >= 0.3 is 13.8 Å². The summed E-state index contributed by atoms with van der Waals surface area (Å²) in [6, 6.07) is 0. The molecule has 0 rings (SSSR count). The van der Waals surface area contributed by atoms with Crippen LogP contribution in [-0.2, 0) is 27.9 Å². The van der Waals surface area contributed by atoms with E-state index in [1.165, 1.54) is 12.8 Å². The van der Waals surface area contributed by atoms with Gasteiger partial charge in [0.1, 0.15) is 12.2 Å². The van der Waals surface area contributed by atoms with Crippen molar-refractivity contribution in [2.75, 3.05) is 33.0 Å². The number of phosphoric acid groups is 1. The molecule has 0 heterocycles. The standard InChI is InChI=1S/C42H73O9P/c1-3-5-7-9-11-13-15-16-17-18-19-20-21-22-23-25-27-29-31-33-35-48-38-41(39-50-52(46,47)49-37-40(44)36-43)51-42(45)34-32-30-28-26-24-14-12-10-8-6-4-2/h5,7,10-13,16-17,19-20,22-23,40-41,43-44H,3-4,6,8-9,14-15,18,21,24-39H2,1-2H3,(H,46,47)/b7-5-,12-10-,13-11-,17-16-,20-19-,23-22-. The van der Waals surface area contributed by atoms with E-state index in [2.05, 4.69) is 86.8 Å². The van der Waals surface area contributed by atoms with E-state index in [-0.39, 0.29) is 13.0 Å². The van der Waals surface area contributed by atoms with Gasteiger partial charge < -0.3 is 24.6 Å².